The van der Waals surface area contributed by atoms with E-state index in [2.05, 4.69) is 42.8 Å². The second-order valence-electron chi connectivity index (χ2n) is 9.63. The molecular formula is C28H45N5O3. The number of aliphatic hydroxyl groups is 1. The van der Waals surface area contributed by atoms with E-state index in [4.69, 9.17) is 0 Å². The van der Waals surface area contributed by atoms with Crippen LogP contribution in [-0.4, -0.2) is 65.4 Å². The predicted octanol–water partition coefficient (Wildman–Crippen LogP) is 4.83. The number of urea groups is 2. The average molecular weight is 500 g/mol. The van der Waals surface area contributed by atoms with Gasteiger partial charge in [-0.05, 0) is 58.7 Å². The number of fused-ring (bicyclic) bond motifs is 1. The van der Waals surface area contributed by atoms with Crippen molar-refractivity contribution in [3.8, 4) is 0 Å². The van der Waals surface area contributed by atoms with E-state index in [1.165, 1.54) is 5.57 Å². The van der Waals surface area contributed by atoms with Gasteiger partial charge in [0.15, 0.2) is 0 Å². The molecule has 1 unspecified atom stereocenters. The number of hydrogen-bond donors (Lipinski definition) is 4. The van der Waals surface area contributed by atoms with Crippen LogP contribution in [0.1, 0.15) is 65.4 Å². The minimum absolute atomic E-state index is 0.0663. The predicted molar refractivity (Wildman–Crippen MR) is 147 cm³/mol. The number of likely N-dealkylation sites (N-methyl/N-ethyl adjacent to an activating group) is 1. The van der Waals surface area contributed by atoms with Gasteiger partial charge in [-0.25, -0.2) is 9.59 Å². The Bertz CT molecular complexity index is 889. The van der Waals surface area contributed by atoms with Crippen LogP contribution >= 0.6 is 0 Å². The Hall–Kier alpha value is -2.84. The zero-order chi connectivity index (χ0) is 26.5. The van der Waals surface area contributed by atoms with Gasteiger partial charge in [0.2, 0.25) is 0 Å². The van der Waals surface area contributed by atoms with Gasteiger partial charge in [0, 0.05) is 31.4 Å². The van der Waals surface area contributed by atoms with E-state index in [1.54, 1.807) is 11.9 Å². The summed E-state index contributed by atoms with van der Waals surface area (Å²) in [5.41, 5.74) is 3.34. The molecule has 2 aliphatic rings. The van der Waals surface area contributed by atoms with Crippen LogP contribution in [-0.2, 0) is 6.54 Å². The number of nitrogens with one attached hydrogen (secondary N) is 3. The molecule has 2 heterocycles. The van der Waals surface area contributed by atoms with Crippen molar-refractivity contribution in [3.05, 3.63) is 53.6 Å². The number of carbonyl (C=O) groups excluding carboxylic acids is 2. The summed E-state index contributed by atoms with van der Waals surface area (Å²) in [5.74, 6) is 0. The summed E-state index contributed by atoms with van der Waals surface area (Å²) in [4.78, 5) is 28.9. The number of allylic oxidation sites excluding steroid dienone is 4. The lowest BCUT2D eigenvalue weighted by molar-refractivity contribution is 0.0895. The van der Waals surface area contributed by atoms with Gasteiger partial charge in [-0.3, -0.25) is 5.32 Å². The lowest BCUT2D eigenvalue weighted by Gasteiger charge is -2.41. The molecule has 8 heteroatoms. The Morgan fingerprint density at radius 2 is 1.94 bits per heavy atom. The number of anilines is 1. The maximum atomic E-state index is 12.7. The van der Waals surface area contributed by atoms with Gasteiger partial charge >= 0.3 is 12.1 Å². The molecule has 2 atom stereocenters. The largest absolute Gasteiger partial charge is 0.376 e. The molecule has 0 radical (unpaired) electrons. The van der Waals surface area contributed by atoms with Crippen molar-refractivity contribution in [1.29, 1.82) is 0 Å². The molecule has 1 saturated heterocycles. The first-order chi connectivity index (χ1) is 17.3. The number of aliphatic hydroxyl groups excluding tert-OH is 1. The third-order valence-corrected chi connectivity index (χ3v) is 6.53. The Balaban J connectivity index is 0.000000572. The standard InChI is InChI=1S/C21H33N5O3.C7H12/c1-3-4-8-18(19(27)22-2)24-20(28)25-12-10-16(11-13-25)26-14-15-7-5-6-9-17(15)23-21(26)29;1-4-5-6-7(2)3/h5-7,9,16,18-19,22,27H,3-4,8,10-14H2,1-2H3,(H,23,29)(H,24,28);4-6H,1-3H3/b;5-4-/t18-,19?;/m0./s1. The van der Waals surface area contributed by atoms with E-state index < -0.39 is 6.23 Å². The smallest absolute Gasteiger partial charge is 0.322 e. The highest BCUT2D eigenvalue weighted by Crippen LogP contribution is 2.27. The van der Waals surface area contributed by atoms with E-state index in [-0.39, 0.29) is 24.1 Å². The third-order valence-electron chi connectivity index (χ3n) is 6.53. The maximum absolute atomic E-state index is 12.7. The number of hydrogen-bond acceptors (Lipinski definition) is 4. The van der Waals surface area contributed by atoms with E-state index in [0.29, 0.717) is 19.6 Å². The molecule has 0 aromatic heterocycles. The van der Waals surface area contributed by atoms with E-state index in [0.717, 1.165) is 43.4 Å². The number of benzene rings is 1. The molecule has 1 fully saturated rings. The van der Waals surface area contributed by atoms with Gasteiger partial charge in [0.1, 0.15) is 6.23 Å². The summed E-state index contributed by atoms with van der Waals surface area (Å²) in [6, 6.07) is 7.46. The van der Waals surface area contributed by atoms with Gasteiger partial charge in [-0.2, -0.15) is 0 Å². The molecule has 3 rings (SSSR count). The Morgan fingerprint density at radius 3 is 2.53 bits per heavy atom. The van der Waals surface area contributed by atoms with Crippen LogP contribution in [0.5, 0.6) is 0 Å². The number of unbranched alkanes of at least 4 members (excludes halogenated alkanes) is 1. The van der Waals surface area contributed by atoms with Gasteiger partial charge in [-0.15, -0.1) is 0 Å². The Morgan fingerprint density at radius 1 is 1.25 bits per heavy atom. The van der Waals surface area contributed by atoms with Crippen LogP contribution in [0.3, 0.4) is 0 Å². The highest BCUT2D eigenvalue weighted by atomic mass is 16.3. The minimum atomic E-state index is -0.764. The molecule has 4 amide bonds. The second kappa shape index (κ2) is 15.3. The lowest BCUT2D eigenvalue weighted by Crippen LogP contribution is -2.56. The van der Waals surface area contributed by atoms with Crippen molar-refractivity contribution in [2.75, 3.05) is 25.5 Å². The highest BCUT2D eigenvalue weighted by molar-refractivity contribution is 5.92. The van der Waals surface area contributed by atoms with Crippen molar-refractivity contribution < 1.29 is 14.7 Å². The molecule has 1 aromatic carbocycles. The number of amides is 4. The van der Waals surface area contributed by atoms with E-state index in [9.17, 15) is 14.7 Å². The van der Waals surface area contributed by atoms with Crippen LogP contribution in [0.4, 0.5) is 15.3 Å². The fraction of sp³-hybridized carbons (Fsp3) is 0.571. The topological polar surface area (TPSA) is 96.9 Å². The Labute approximate surface area is 216 Å². The molecule has 8 nitrogen and oxygen atoms in total. The maximum Gasteiger partial charge on any atom is 0.322 e. The van der Waals surface area contributed by atoms with Crippen molar-refractivity contribution >= 4 is 17.7 Å². The van der Waals surface area contributed by atoms with E-state index in [1.807, 2.05) is 48.2 Å². The normalized spacial score (nSPS) is 17.4. The van der Waals surface area contributed by atoms with Crippen LogP contribution in [0.2, 0.25) is 0 Å². The molecule has 0 spiro atoms. The molecule has 0 bridgehead atoms. The molecule has 4 N–H and O–H groups in total. The summed E-state index contributed by atoms with van der Waals surface area (Å²) >= 11 is 0. The van der Waals surface area contributed by atoms with Gasteiger partial charge in [0.25, 0.3) is 0 Å². The lowest BCUT2D eigenvalue weighted by atomic mass is 10.0. The number of piperidine rings is 1. The summed E-state index contributed by atoms with van der Waals surface area (Å²) < 4.78 is 0. The summed E-state index contributed by atoms with van der Waals surface area (Å²) in [7, 11) is 1.68. The number of rotatable bonds is 8. The first-order valence-corrected chi connectivity index (χ1v) is 13.1. The SMILES string of the molecule is C/C=C\C=C(C)C.CCCC[C@H](NC(=O)N1CCC(N2Cc3ccccc3NC2=O)CC1)C(O)NC. The van der Waals surface area contributed by atoms with Crippen LogP contribution in [0, 0.1) is 0 Å². The number of likely N-dealkylation sites (tertiary alicyclic amines) is 1. The van der Waals surface area contributed by atoms with Crippen molar-refractivity contribution in [3.63, 3.8) is 0 Å². The minimum Gasteiger partial charge on any atom is -0.376 e. The summed E-state index contributed by atoms with van der Waals surface area (Å²) in [6.45, 7) is 10.1. The highest BCUT2D eigenvalue weighted by Gasteiger charge is 2.33. The molecule has 200 valence electrons. The third kappa shape index (κ3) is 8.99. The Kier molecular flexibility index (Phi) is 12.5. The van der Waals surface area contributed by atoms with Crippen molar-refractivity contribution in [1.82, 2.24) is 20.4 Å². The second-order valence-corrected chi connectivity index (χ2v) is 9.63. The van der Waals surface area contributed by atoms with Crippen molar-refractivity contribution in [2.24, 2.45) is 0 Å². The van der Waals surface area contributed by atoms with Crippen molar-refractivity contribution in [2.45, 2.75) is 84.7 Å². The molecule has 2 aliphatic heterocycles. The van der Waals surface area contributed by atoms with Gasteiger partial charge < -0.3 is 25.5 Å². The average Bonchev–Trinajstić information content (AvgIpc) is 2.89. The fourth-order valence-corrected chi connectivity index (χ4v) is 4.37. The summed E-state index contributed by atoms with van der Waals surface area (Å²) in [6.07, 6.45) is 9.55. The molecule has 0 saturated carbocycles. The number of nitrogens with zero attached hydrogens (tertiary/aromatic N) is 2. The van der Waals surface area contributed by atoms with Crippen LogP contribution in [0.15, 0.2) is 48.1 Å². The van der Waals surface area contributed by atoms with E-state index >= 15 is 0 Å². The number of para-hydroxylation sites is 1. The quantitative estimate of drug-likeness (QED) is 0.304. The van der Waals surface area contributed by atoms with Gasteiger partial charge in [0.05, 0.1) is 6.04 Å². The van der Waals surface area contributed by atoms with Crippen LogP contribution in [0.25, 0.3) is 0 Å². The zero-order valence-electron chi connectivity index (χ0n) is 22.6. The molecule has 0 aliphatic carbocycles. The van der Waals surface area contributed by atoms with Crippen LogP contribution < -0.4 is 16.0 Å². The first kappa shape index (κ1) is 29.4. The fourth-order valence-electron chi connectivity index (χ4n) is 4.37. The number of carbonyl (C=O) groups is 2. The summed E-state index contributed by atoms with van der Waals surface area (Å²) in [5, 5.41) is 18.9. The van der Waals surface area contributed by atoms with Gasteiger partial charge in [-0.1, -0.05) is 61.8 Å². The molecule has 36 heavy (non-hydrogen) atoms. The molecule has 1 aromatic rings. The first-order valence-electron chi connectivity index (χ1n) is 13.1. The monoisotopic (exact) mass is 499 g/mol. The zero-order valence-corrected chi connectivity index (χ0v) is 22.6. The molecular weight excluding hydrogens is 454 g/mol.